The first-order valence-electron chi connectivity index (χ1n) is 6.77. The minimum Gasteiger partial charge on any atom is -0.389 e. The van der Waals surface area contributed by atoms with Crippen LogP contribution in [0.2, 0.25) is 0 Å². The molecule has 2 rings (SSSR count). The standard InChI is InChI=1S/C17H20N2S/c1-12-8-9-16(15(10-12)17(18)20)19-11-13(2)14-6-4-3-5-7-14/h3-10,13,19H,11H2,1-2H3,(H2,18,20). The van der Waals surface area contributed by atoms with Crippen molar-refractivity contribution >= 4 is 22.9 Å². The molecule has 20 heavy (non-hydrogen) atoms. The predicted octanol–water partition coefficient (Wildman–Crippen LogP) is 3.84. The molecule has 2 nitrogen and oxygen atoms in total. The fraction of sp³-hybridized carbons (Fsp3) is 0.235. The average Bonchev–Trinajstić information content (AvgIpc) is 2.46. The van der Waals surface area contributed by atoms with Crippen LogP contribution in [0.15, 0.2) is 48.5 Å². The third-order valence-corrected chi connectivity index (χ3v) is 3.63. The summed E-state index contributed by atoms with van der Waals surface area (Å²) in [6, 6.07) is 16.6. The molecule has 0 radical (unpaired) electrons. The maximum Gasteiger partial charge on any atom is 0.106 e. The summed E-state index contributed by atoms with van der Waals surface area (Å²) in [5.74, 6) is 0.427. The zero-order valence-electron chi connectivity index (χ0n) is 11.9. The molecule has 0 amide bonds. The van der Waals surface area contributed by atoms with E-state index >= 15 is 0 Å². The van der Waals surface area contributed by atoms with Crippen molar-refractivity contribution in [2.75, 3.05) is 11.9 Å². The van der Waals surface area contributed by atoms with E-state index in [-0.39, 0.29) is 0 Å². The molecule has 0 saturated carbocycles. The van der Waals surface area contributed by atoms with Gasteiger partial charge >= 0.3 is 0 Å². The Kier molecular flexibility index (Phi) is 4.74. The van der Waals surface area contributed by atoms with Crippen LogP contribution in [0.4, 0.5) is 5.69 Å². The number of nitrogens with two attached hydrogens (primary N) is 1. The zero-order valence-corrected chi connectivity index (χ0v) is 12.7. The van der Waals surface area contributed by atoms with Crippen LogP contribution in [-0.4, -0.2) is 11.5 Å². The van der Waals surface area contributed by atoms with Gasteiger partial charge in [-0.05, 0) is 30.5 Å². The molecule has 0 aliphatic rings. The fourth-order valence-corrected chi connectivity index (χ4v) is 2.35. The number of anilines is 1. The lowest BCUT2D eigenvalue weighted by atomic mass is 10.0. The maximum absolute atomic E-state index is 5.79. The Morgan fingerprint density at radius 3 is 2.55 bits per heavy atom. The van der Waals surface area contributed by atoms with Gasteiger partial charge in [-0.25, -0.2) is 0 Å². The molecular formula is C17H20N2S. The summed E-state index contributed by atoms with van der Waals surface area (Å²) in [7, 11) is 0. The second-order valence-electron chi connectivity index (χ2n) is 5.11. The lowest BCUT2D eigenvalue weighted by molar-refractivity contribution is 0.805. The number of hydrogen-bond donors (Lipinski definition) is 2. The van der Waals surface area contributed by atoms with Crippen molar-refractivity contribution in [1.82, 2.24) is 0 Å². The number of hydrogen-bond acceptors (Lipinski definition) is 2. The van der Waals surface area contributed by atoms with Gasteiger partial charge in [0.15, 0.2) is 0 Å². The van der Waals surface area contributed by atoms with Gasteiger partial charge in [-0.2, -0.15) is 0 Å². The smallest absolute Gasteiger partial charge is 0.106 e. The maximum atomic E-state index is 5.79. The van der Waals surface area contributed by atoms with Gasteiger partial charge in [-0.1, -0.05) is 61.1 Å². The van der Waals surface area contributed by atoms with E-state index in [0.717, 1.165) is 23.4 Å². The van der Waals surface area contributed by atoms with Gasteiger partial charge in [0.25, 0.3) is 0 Å². The van der Waals surface area contributed by atoms with E-state index in [9.17, 15) is 0 Å². The summed E-state index contributed by atoms with van der Waals surface area (Å²) >= 11 is 5.12. The minimum absolute atomic E-state index is 0.427. The fourth-order valence-electron chi connectivity index (χ4n) is 2.18. The third kappa shape index (κ3) is 3.58. The molecule has 0 heterocycles. The lowest BCUT2D eigenvalue weighted by Gasteiger charge is -2.16. The predicted molar refractivity (Wildman–Crippen MR) is 90.4 cm³/mol. The van der Waals surface area contributed by atoms with E-state index in [0.29, 0.717) is 10.9 Å². The summed E-state index contributed by atoms with van der Waals surface area (Å²) in [5, 5.41) is 3.45. The Balaban J connectivity index is 2.09. The van der Waals surface area contributed by atoms with E-state index in [1.807, 2.05) is 25.1 Å². The second kappa shape index (κ2) is 6.53. The molecule has 3 N–H and O–H groups in total. The van der Waals surface area contributed by atoms with E-state index in [2.05, 4.69) is 42.6 Å². The second-order valence-corrected chi connectivity index (χ2v) is 5.55. The van der Waals surface area contributed by atoms with Crippen molar-refractivity contribution in [3.63, 3.8) is 0 Å². The van der Waals surface area contributed by atoms with Crippen molar-refractivity contribution in [3.8, 4) is 0 Å². The molecule has 0 aromatic heterocycles. The highest BCUT2D eigenvalue weighted by atomic mass is 32.1. The Bertz CT molecular complexity index is 593. The van der Waals surface area contributed by atoms with Crippen molar-refractivity contribution in [2.24, 2.45) is 5.73 Å². The SMILES string of the molecule is Cc1ccc(NCC(C)c2ccccc2)c(C(N)=S)c1. The van der Waals surface area contributed by atoms with Crippen LogP contribution in [-0.2, 0) is 0 Å². The largest absolute Gasteiger partial charge is 0.389 e. The quantitative estimate of drug-likeness (QED) is 0.819. The van der Waals surface area contributed by atoms with Crippen LogP contribution in [0, 0.1) is 6.92 Å². The third-order valence-electron chi connectivity index (χ3n) is 3.41. The molecular weight excluding hydrogens is 264 g/mol. The first-order valence-corrected chi connectivity index (χ1v) is 7.18. The summed E-state index contributed by atoms with van der Waals surface area (Å²) in [4.78, 5) is 0.434. The molecule has 0 bridgehead atoms. The first kappa shape index (κ1) is 14.5. The minimum atomic E-state index is 0.427. The Morgan fingerprint density at radius 2 is 1.90 bits per heavy atom. The average molecular weight is 284 g/mol. The Labute approximate surface area is 126 Å². The van der Waals surface area contributed by atoms with Crippen LogP contribution in [0.5, 0.6) is 0 Å². The highest BCUT2D eigenvalue weighted by Gasteiger charge is 2.08. The normalized spacial score (nSPS) is 11.9. The Morgan fingerprint density at radius 1 is 1.20 bits per heavy atom. The van der Waals surface area contributed by atoms with Gasteiger partial charge in [0, 0.05) is 17.8 Å². The van der Waals surface area contributed by atoms with Gasteiger partial charge in [0.2, 0.25) is 0 Å². The number of thiocarbonyl (C=S) groups is 1. The van der Waals surface area contributed by atoms with Gasteiger partial charge in [0.05, 0.1) is 0 Å². The van der Waals surface area contributed by atoms with Gasteiger partial charge in [-0.15, -0.1) is 0 Å². The molecule has 2 aromatic rings. The molecule has 0 spiro atoms. The molecule has 1 unspecified atom stereocenters. The zero-order chi connectivity index (χ0) is 14.5. The molecule has 0 fully saturated rings. The van der Waals surface area contributed by atoms with E-state index < -0.39 is 0 Å². The van der Waals surface area contributed by atoms with Crippen LogP contribution < -0.4 is 11.1 Å². The highest BCUT2D eigenvalue weighted by molar-refractivity contribution is 7.80. The highest BCUT2D eigenvalue weighted by Crippen LogP contribution is 2.20. The van der Waals surface area contributed by atoms with Crippen LogP contribution in [0.25, 0.3) is 0 Å². The van der Waals surface area contributed by atoms with Gasteiger partial charge in [-0.3, -0.25) is 0 Å². The van der Waals surface area contributed by atoms with Crippen LogP contribution >= 0.6 is 12.2 Å². The first-order chi connectivity index (χ1) is 9.58. The van der Waals surface area contributed by atoms with Crippen molar-refractivity contribution in [1.29, 1.82) is 0 Å². The summed E-state index contributed by atoms with van der Waals surface area (Å²) in [6.07, 6.45) is 0. The lowest BCUT2D eigenvalue weighted by Crippen LogP contribution is -2.16. The molecule has 1 atom stereocenters. The Hall–Kier alpha value is -1.87. The van der Waals surface area contributed by atoms with Gasteiger partial charge < -0.3 is 11.1 Å². The van der Waals surface area contributed by atoms with E-state index in [1.165, 1.54) is 5.56 Å². The number of benzene rings is 2. The number of nitrogens with one attached hydrogen (secondary N) is 1. The van der Waals surface area contributed by atoms with E-state index in [1.54, 1.807) is 0 Å². The van der Waals surface area contributed by atoms with Crippen molar-refractivity contribution < 1.29 is 0 Å². The molecule has 2 aromatic carbocycles. The molecule has 3 heteroatoms. The number of aryl methyl sites for hydroxylation is 1. The van der Waals surface area contributed by atoms with Crippen molar-refractivity contribution in [3.05, 3.63) is 65.2 Å². The molecule has 104 valence electrons. The topological polar surface area (TPSA) is 38.0 Å². The summed E-state index contributed by atoms with van der Waals surface area (Å²) in [6.45, 7) is 5.10. The summed E-state index contributed by atoms with van der Waals surface area (Å²) in [5.41, 5.74) is 10.2. The monoisotopic (exact) mass is 284 g/mol. The molecule has 0 aliphatic carbocycles. The molecule has 0 aliphatic heterocycles. The van der Waals surface area contributed by atoms with E-state index in [4.69, 9.17) is 18.0 Å². The van der Waals surface area contributed by atoms with Crippen LogP contribution in [0.1, 0.15) is 29.5 Å². The van der Waals surface area contributed by atoms with Gasteiger partial charge in [0.1, 0.15) is 4.99 Å². The van der Waals surface area contributed by atoms with Crippen molar-refractivity contribution in [2.45, 2.75) is 19.8 Å². The molecule has 0 saturated heterocycles. The summed E-state index contributed by atoms with van der Waals surface area (Å²) < 4.78 is 0. The van der Waals surface area contributed by atoms with Crippen LogP contribution in [0.3, 0.4) is 0 Å². The number of rotatable bonds is 5.